The van der Waals surface area contributed by atoms with Crippen LogP contribution in [0.25, 0.3) is 0 Å². The number of hydrogen-bond donors (Lipinski definition) is 0. The Balaban J connectivity index is 0.905. The van der Waals surface area contributed by atoms with Crippen LogP contribution >= 0.6 is 0 Å². The Kier molecular flexibility index (Phi) is 30.6. The maximum Gasteiger partial charge on any atom is 0.126 e. The largest absolute Gasteiger partial charge is 0.496 e. The summed E-state index contributed by atoms with van der Waals surface area (Å²) >= 11 is 0. The highest BCUT2D eigenvalue weighted by molar-refractivity contribution is 5.64. The molecule has 16 bridgehead atoms. The molecule has 0 fully saturated rings. The van der Waals surface area contributed by atoms with E-state index in [1.165, 1.54) is 0 Å². The molecule has 16 heteroatoms. The van der Waals surface area contributed by atoms with E-state index >= 15 is 0 Å². The number of hydrogen-bond acceptors (Lipinski definition) is 16. The van der Waals surface area contributed by atoms with Crippen molar-refractivity contribution in [1.82, 2.24) is 0 Å². The first-order valence-electron chi connectivity index (χ1n) is 45.8. The normalized spacial score (nSPS) is 11.8. The van der Waals surface area contributed by atoms with E-state index in [-0.39, 0.29) is 104 Å². The van der Waals surface area contributed by atoms with Crippen LogP contribution in [0.1, 0.15) is 134 Å². The fourth-order valence-electron chi connectivity index (χ4n) is 18.2. The quantitative estimate of drug-likeness (QED) is 0.0393. The van der Waals surface area contributed by atoms with Gasteiger partial charge in [-0.3, -0.25) is 0 Å². The molecule has 688 valence electrons. The van der Waals surface area contributed by atoms with Crippen molar-refractivity contribution in [3.8, 4) is 92.0 Å². The lowest BCUT2D eigenvalue weighted by Crippen LogP contribution is -2.09. The van der Waals surface area contributed by atoms with E-state index in [9.17, 15) is 0 Å². The summed E-state index contributed by atoms with van der Waals surface area (Å²) in [7, 11) is 13.8. The van der Waals surface area contributed by atoms with E-state index in [1.54, 1.807) is 56.9 Å². The summed E-state index contributed by atoms with van der Waals surface area (Å²) in [6.07, 6.45) is 2.29. The molecule has 0 radical (unpaired) electrons. The smallest absolute Gasteiger partial charge is 0.126 e. The van der Waals surface area contributed by atoms with Crippen molar-refractivity contribution in [2.45, 2.75) is 104 Å². The van der Waals surface area contributed by atoms with Gasteiger partial charge in [0.25, 0.3) is 0 Å². The van der Waals surface area contributed by atoms with Gasteiger partial charge >= 0.3 is 0 Å². The van der Waals surface area contributed by atoms with Gasteiger partial charge in [0, 0.05) is 140 Å². The topological polar surface area (TPSA) is 148 Å². The molecule has 0 N–H and O–H groups in total. The summed E-state index contributed by atoms with van der Waals surface area (Å²) in [6, 6.07) is 115. The molecule has 0 amide bonds. The molecule has 0 spiro atoms. The second-order valence-electron chi connectivity index (χ2n) is 33.8. The van der Waals surface area contributed by atoms with Gasteiger partial charge in [-0.1, -0.05) is 243 Å². The van der Waals surface area contributed by atoms with Crippen LogP contribution in [0.4, 0.5) is 0 Å². The van der Waals surface area contributed by atoms with Gasteiger partial charge in [0.05, 0.1) is 56.9 Å². The molecule has 0 aromatic heterocycles. The van der Waals surface area contributed by atoms with Crippen LogP contribution in [0.15, 0.2) is 340 Å². The second kappa shape index (κ2) is 45.2. The van der Waals surface area contributed by atoms with Gasteiger partial charge in [-0.15, -0.1) is 0 Å². The van der Waals surface area contributed by atoms with Crippen LogP contribution in [-0.2, 0) is 104 Å². The van der Waals surface area contributed by atoms with Crippen molar-refractivity contribution in [2.24, 2.45) is 0 Å². The van der Waals surface area contributed by atoms with E-state index in [0.29, 0.717) is 92.0 Å². The van der Waals surface area contributed by atoms with Crippen molar-refractivity contribution in [1.29, 1.82) is 0 Å². The highest BCUT2D eigenvalue weighted by atomic mass is 16.5. The Morgan fingerprint density at radius 3 is 0.301 bits per heavy atom. The third-order valence-corrected chi connectivity index (χ3v) is 24.4. The van der Waals surface area contributed by atoms with E-state index in [1.807, 2.05) is 146 Å². The van der Waals surface area contributed by atoms with Crippen molar-refractivity contribution >= 4 is 0 Å². The van der Waals surface area contributed by atoms with Gasteiger partial charge in [0.2, 0.25) is 0 Å². The molecular formula is C120H112O16. The fraction of sp³-hybridized carbons (Fsp3) is 0.200. The van der Waals surface area contributed by atoms with E-state index < -0.39 is 0 Å². The standard InChI is InChI=1S/C120H112O16/c1-121-113-89-49-91-59-106(130-74-82-35-19-10-20-36-82)61-93(114(91)122-2)51-95-63-108(132-76-84-39-23-12-24-40-84)65-97(116(95)124-4)53-99-67-110(134-78-86-43-27-14-28-44-86)69-101(118(99)126-6)55-103-71-112(136-80-88-47-31-16-32-48-88)72-104(120(103)128-8)56-102-70-111(135-79-87-45-29-15-30-46-87)68-100(119(102)127-7)54-98-66-109(133-77-85-41-25-13-26-42-85)64-96(117(98)125-5)52-94-62-107(131-75-83-37-21-11-22-38-83)60-92(115(94)123-3)50-90(113)58-105(57-89)129-73-81-33-17-9-18-34-81/h9-48,57-72H,49-56,73-80H2,1-8H3. The number of rotatable bonds is 32. The van der Waals surface area contributed by atoms with Crippen LogP contribution in [0.2, 0.25) is 0 Å². The highest BCUT2D eigenvalue weighted by Gasteiger charge is 2.29. The number of fused-ring (bicyclic) bond motifs is 16. The Morgan fingerprint density at radius 2 is 0.221 bits per heavy atom. The first-order valence-corrected chi connectivity index (χ1v) is 45.8. The maximum absolute atomic E-state index is 6.99. The lowest BCUT2D eigenvalue weighted by Gasteiger charge is -2.23. The Bertz CT molecular complexity index is 5280. The first kappa shape index (κ1) is 92.2. The lowest BCUT2D eigenvalue weighted by atomic mass is 9.90. The molecule has 0 saturated carbocycles. The summed E-state index contributed by atoms with van der Waals surface area (Å²) in [5, 5.41) is 0. The molecule has 1 aliphatic carbocycles. The predicted molar refractivity (Wildman–Crippen MR) is 533 cm³/mol. The van der Waals surface area contributed by atoms with Gasteiger partial charge in [0.15, 0.2) is 0 Å². The van der Waals surface area contributed by atoms with Crippen LogP contribution in [0, 0.1) is 0 Å². The Morgan fingerprint density at radius 1 is 0.132 bits per heavy atom. The lowest BCUT2D eigenvalue weighted by molar-refractivity contribution is 0.303. The van der Waals surface area contributed by atoms with Crippen LogP contribution < -0.4 is 75.8 Å². The summed E-state index contributed by atoms with van der Waals surface area (Å²) < 4.78 is 111. The minimum absolute atomic E-state index is 0.285. The first-order chi connectivity index (χ1) is 66.9. The number of benzene rings is 16. The molecule has 16 aromatic carbocycles. The molecule has 16 nitrogen and oxygen atoms in total. The zero-order valence-corrected chi connectivity index (χ0v) is 78.2. The van der Waals surface area contributed by atoms with E-state index in [4.69, 9.17) is 75.8 Å². The minimum Gasteiger partial charge on any atom is -0.496 e. The summed E-state index contributed by atoms with van der Waals surface area (Å²) in [5.41, 5.74) is 21.1. The average molecular weight is 1810 g/mol. The summed E-state index contributed by atoms with van der Waals surface area (Å²) in [4.78, 5) is 0. The van der Waals surface area contributed by atoms with Gasteiger partial charge in [-0.25, -0.2) is 0 Å². The van der Waals surface area contributed by atoms with Gasteiger partial charge < -0.3 is 75.8 Å². The number of ether oxygens (including phenoxy) is 16. The van der Waals surface area contributed by atoms with Gasteiger partial charge in [-0.2, -0.15) is 0 Å². The summed E-state index contributed by atoms with van der Waals surface area (Å²) in [6.45, 7) is 2.28. The zero-order valence-electron chi connectivity index (χ0n) is 78.2. The molecule has 16 aromatic rings. The minimum atomic E-state index is 0.285. The molecule has 0 heterocycles. The van der Waals surface area contributed by atoms with Crippen molar-refractivity contribution in [3.05, 3.63) is 473 Å². The molecular weight excluding hydrogens is 1700 g/mol. The predicted octanol–water partition coefficient (Wildman–Crippen LogP) is 25.4. The Labute approximate surface area is 797 Å². The molecule has 1 aliphatic rings. The molecule has 0 saturated heterocycles. The van der Waals surface area contributed by atoms with Crippen LogP contribution in [0.5, 0.6) is 92.0 Å². The average Bonchev–Trinajstić information content (AvgIpc) is 0.779. The molecule has 0 atom stereocenters. The SMILES string of the molecule is COc1c2cc(OCc3ccccc3)cc1Cc1cc(OCc3ccccc3)cc(c1OC)Cc1cc(OCc3ccccc3)cc(c1OC)Cc1cc(OCc3ccccc3)cc(c1OC)Cc1cc(OCc3ccccc3)cc(c1OC)Cc1cc(OCc3ccccc3)cc(c1OC)Cc1cc(OCc3ccccc3)cc(c1OC)Cc1cc(OCc3ccccc3)cc(c1OC)C2. The van der Waals surface area contributed by atoms with Crippen LogP contribution in [0.3, 0.4) is 0 Å². The monoisotopic (exact) mass is 1810 g/mol. The molecule has 0 unspecified atom stereocenters. The fourth-order valence-corrected chi connectivity index (χ4v) is 18.2. The molecule has 0 aliphatic heterocycles. The second-order valence-corrected chi connectivity index (χ2v) is 33.8. The van der Waals surface area contributed by atoms with Gasteiger partial charge in [0.1, 0.15) is 145 Å². The van der Waals surface area contributed by atoms with Crippen molar-refractivity contribution in [2.75, 3.05) is 56.9 Å². The van der Waals surface area contributed by atoms with Crippen molar-refractivity contribution < 1.29 is 75.8 Å². The maximum atomic E-state index is 6.99. The highest BCUT2D eigenvalue weighted by Crippen LogP contribution is 2.48. The molecule has 17 rings (SSSR count). The van der Waals surface area contributed by atoms with E-state index in [0.717, 1.165) is 134 Å². The van der Waals surface area contributed by atoms with Gasteiger partial charge in [-0.05, 0) is 142 Å². The third-order valence-electron chi connectivity index (χ3n) is 24.4. The molecule has 136 heavy (non-hydrogen) atoms. The Hall–Kier alpha value is -15.7. The zero-order chi connectivity index (χ0) is 93.3. The summed E-state index contributed by atoms with van der Waals surface area (Å²) in [5.74, 6) is 10.0. The van der Waals surface area contributed by atoms with Crippen molar-refractivity contribution in [3.63, 3.8) is 0 Å². The third kappa shape index (κ3) is 23.3. The number of methoxy groups -OCH3 is 8. The van der Waals surface area contributed by atoms with Crippen LogP contribution in [-0.4, -0.2) is 56.9 Å². The van der Waals surface area contributed by atoms with E-state index in [2.05, 4.69) is 194 Å².